The average Bonchev–Trinajstić information content (AvgIpc) is 2.25. The number of rotatable bonds is 7. The van der Waals surface area contributed by atoms with Crippen molar-refractivity contribution >= 4 is 17.9 Å². The summed E-state index contributed by atoms with van der Waals surface area (Å²) >= 11 is 0. The third-order valence-electron chi connectivity index (χ3n) is 1.85. The number of nitrogens with one attached hydrogen (secondary N) is 3. The smallest absolute Gasteiger partial charge is 0.332 e. The molecular weight excluding hydrogens is 242 g/mol. The summed E-state index contributed by atoms with van der Waals surface area (Å²) < 4.78 is 0. The molecule has 0 bridgehead atoms. The van der Waals surface area contributed by atoms with Crippen LogP contribution in [0.1, 0.15) is 20.3 Å². The number of amides is 3. The molecular formula is C10H19N3O5. The molecule has 0 aliphatic heterocycles. The van der Waals surface area contributed by atoms with Crippen LogP contribution >= 0.6 is 0 Å². The van der Waals surface area contributed by atoms with Crippen LogP contribution in [0, 0.1) is 0 Å². The number of urea groups is 1. The Morgan fingerprint density at radius 3 is 2.28 bits per heavy atom. The molecule has 0 saturated carbocycles. The summed E-state index contributed by atoms with van der Waals surface area (Å²) in [6.45, 7) is 3.44. The average molecular weight is 261 g/mol. The first-order valence-electron chi connectivity index (χ1n) is 5.55. The Morgan fingerprint density at radius 2 is 1.78 bits per heavy atom. The van der Waals surface area contributed by atoms with Crippen molar-refractivity contribution in [1.29, 1.82) is 0 Å². The number of aliphatic hydroxyl groups is 1. The van der Waals surface area contributed by atoms with Gasteiger partial charge >= 0.3 is 12.0 Å². The van der Waals surface area contributed by atoms with Crippen LogP contribution in [-0.4, -0.2) is 53.4 Å². The molecule has 0 fully saturated rings. The van der Waals surface area contributed by atoms with Gasteiger partial charge in [0.2, 0.25) is 5.91 Å². The van der Waals surface area contributed by atoms with E-state index in [1.165, 1.54) is 0 Å². The van der Waals surface area contributed by atoms with Crippen LogP contribution in [0.2, 0.25) is 0 Å². The van der Waals surface area contributed by atoms with Crippen LogP contribution in [0.15, 0.2) is 0 Å². The Kier molecular flexibility index (Phi) is 7.45. The van der Waals surface area contributed by atoms with Crippen molar-refractivity contribution in [3.8, 4) is 0 Å². The van der Waals surface area contributed by atoms with Gasteiger partial charge in [-0.05, 0) is 13.8 Å². The molecule has 1 unspecified atom stereocenters. The number of hydrogen-bond donors (Lipinski definition) is 5. The lowest BCUT2D eigenvalue weighted by Gasteiger charge is -2.10. The van der Waals surface area contributed by atoms with Crippen LogP contribution in [0.3, 0.4) is 0 Å². The molecule has 1 atom stereocenters. The second-order valence-electron chi connectivity index (χ2n) is 3.97. The predicted molar refractivity (Wildman–Crippen MR) is 62.9 cm³/mol. The largest absolute Gasteiger partial charge is 0.479 e. The lowest BCUT2D eigenvalue weighted by atomic mass is 10.2. The molecule has 0 saturated heterocycles. The molecule has 0 rings (SSSR count). The van der Waals surface area contributed by atoms with Crippen LogP contribution in [-0.2, 0) is 9.59 Å². The van der Waals surface area contributed by atoms with Crippen molar-refractivity contribution in [3.05, 3.63) is 0 Å². The van der Waals surface area contributed by atoms with Crippen molar-refractivity contribution in [2.24, 2.45) is 0 Å². The fourth-order valence-electron chi connectivity index (χ4n) is 1.04. The van der Waals surface area contributed by atoms with Crippen LogP contribution in [0.4, 0.5) is 4.79 Å². The molecule has 0 spiro atoms. The van der Waals surface area contributed by atoms with E-state index in [2.05, 4.69) is 16.0 Å². The third kappa shape index (κ3) is 8.34. The Morgan fingerprint density at radius 1 is 1.17 bits per heavy atom. The highest BCUT2D eigenvalue weighted by Crippen LogP contribution is 1.88. The number of aliphatic carboxylic acids is 1. The Bertz CT molecular complexity index is 306. The van der Waals surface area contributed by atoms with E-state index in [0.29, 0.717) is 0 Å². The van der Waals surface area contributed by atoms with Crippen molar-refractivity contribution < 1.29 is 24.6 Å². The van der Waals surface area contributed by atoms with Gasteiger partial charge in [0, 0.05) is 19.0 Å². The van der Waals surface area contributed by atoms with Gasteiger partial charge in [-0.25, -0.2) is 9.59 Å². The fraction of sp³-hybridized carbons (Fsp3) is 0.700. The molecule has 0 radical (unpaired) electrons. The summed E-state index contributed by atoms with van der Waals surface area (Å²) in [5, 5.41) is 24.5. The summed E-state index contributed by atoms with van der Waals surface area (Å²) in [7, 11) is 0. The van der Waals surface area contributed by atoms with Crippen molar-refractivity contribution in [3.63, 3.8) is 0 Å². The number of carbonyl (C=O) groups excluding carboxylic acids is 2. The van der Waals surface area contributed by atoms with Gasteiger partial charge in [0.25, 0.3) is 0 Å². The Hall–Kier alpha value is -1.83. The van der Waals surface area contributed by atoms with Gasteiger partial charge in [0.05, 0.1) is 6.54 Å². The maximum absolute atomic E-state index is 11.2. The maximum atomic E-state index is 11.2. The predicted octanol–water partition coefficient (Wildman–Crippen LogP) is -1.35. The second kappa shape index (κ2) is 8.29. The summed E-state index contributed by atoms with van der Waals surface area (Å²) in [4.78, 5) is 32.6. The van der Waals surface area contributed by atoms with Gasteiger partial charge in [0.1, 0.15) is 0 Å². The van der Waals surface area contributed by atoms with Gasteiger partial charge in [-0.15, -0.1) is 0 Å². The van der Waals surface area contributed by atoms with E-state index in [-0.39, 0.29) is 31.5 Å². The van der Waals surface area contributed by atoms with E-state index in [0.717, 1.165) is 0 Å². The molecule has 0 aromatic rings. The number of carboxylic acid groups (broad SMARTS) is 1. The van der Waals surface area contributed by atoms with E-state index in [4.69, 9.17) is 10.2 Å². The van der Waals surface area contributed by atoms with E-state index >= 15 is 0 Å². The SMILES string of the molecule is CC(C)NC(=O)CNC(=O)NCCC(O)C(=O)O. The molecule has 8 heteroatoms. The molecule has 8 nitrogen and oxygen atoms in total. The summed E-state index contributed by atoms with van der Waals surface area (Å²) in [5.41, 5.74) is 0. The van der Waals surface area contributed by atoms with Crippen molar-refractivity contribution in [2.45, 2.75) is 32.4 Å². The monoisotopic (exact) mass is 261 g/mol. The van der Waals surface area contributed by atoms with Gasteiger partial charge in [-0.1, -0.05) is 0 Å². The van der Waals surface area contributed by atoms with Crippen LogP contribution in [0.25, 0.3) is 0 Å². The molecule has 0 aromatic carbocycles. The van der Waals surface area contributed by atoms with E-state index in [9.17, 15) is 14.4 Å². The highest BCUT2D eigenvalue weighted by atomic mass is 16.4. The first-order chi connectivity index (χ1) is 8.32. The maximum Gasteiger partial charge on any atom is 0.332 e. The minimum atomic E-state index is -1.51. The Labute approximate surface area is 105 Å². The summed E-state index contributed by atoms with van der Waals surface area (Å²) in [5.74, 6) is -1.65. The van der Waals surface area contributed by atoms with E-state index in [1.54, 1.807) is 13.8 Å². The molecule has 0 aliphatic carbocycles. The summed E-state index contributed by atoms with van der Waals surface area (Å²) in [6, 6.07) is -0.598. The normalized spacial score (nSPS) is 11.8. The number of aliphatic hydroxyl groups excluding tert-OH is 1. The van der Waals surface area contributed by atoms with Crippen LogP contribution < -0.4 is 16.0 Å². The zero-order valence-electron chi connectivity index (χ0n) is 10.4. The molecule has 18 heavy (non-hydrogen) atoms. The standard InChI is InChI=1S/C10H19N3O5/c1-6(2)13-8(15)5-12-10(18)11-4-3-7(14)9(16)17/h6-7,14H,3-5H2,1-2H3,(H,13,15)(H,16,17)(H2,11,12,18). The van der Waals surface area contributed by atoms with Crippen molar-refractivity contribution in [1.82, 2.24) is 16.0 Å². The number of carbonyl (C=O) groups is 3. The molecule has 104 valence electrons. The quantitative estimate of drug-likeness (QED) is 0.387. The van der Waals surface area contributed by atoms with Gasteiger partial charge in [-0.3, -0.25) is 4.79 Å². The molecule has 0 heterocycles. The zero-order valence-corrected chi connectivity index (χ0v) is 10.4. The van der Waals surface area contributed by atoms with Crippen molar-refractivity contribution in [2.75, 3.05) is 13.1 Å². The van der Waals surface area contributed by atoms with Gasteiger partial charge < -0.3 is 26.2 Å². The number of carboxylic acids is 1. The van der Waals surface area contributed by atoms with E-state index < -0.39 is 18.1 Å². The molecule has 0 aromatic heterocycles. The third-order valence-corrected chi connectivity index (χ3v) is 1.85. The fourth-order valence-corrected chi connectivity index (χ4v) is 1.04. The van der Waals surface area contributed by atoms with Crippen LogP contribution in [0.5, 0.6) is 0 Å². The molecule has 3 amide bonds. The zero-order chi connectivity index (χ0) is 14.1. The first kappa shape index (κ1) is 16.2. The topological polar surface area (TPSA) is 128 Å². The van der Waals surface area contributed by atoms with Gasteiger partial charge in [-0.2, -0.15) is 0 Å². The lowest BCUT2D eigenvalue weighted by molar-refractivity contribution is -0.146. The number of hydrogen-bond acceptors (Lipinski definition) is 4. The highest BCUT2D eigenvalue weighted by molar-refractivity contribution is 5.84. The highest BCUT2D eigenvalue weighted by Gasteiger charge is 2.13. The Balaban J connectivity index is 3.66. The lowest BCUT2D eigenvalue weighted by Crippen LogP contribution is -2.44. The second-order valence-corrected chi connectivity index (χ2v) is 3.97. The minimum Gasteiger partial charge on any atom is -0.479 e. The minimum absolute atomic E-state index is 0.00506. The molecule has 5 N–H and O–H groups in total. The summed E-state index contributed by atoms with van der Waals surface area (Å²) in [6.07, 6.45) is -1.60. The first-order valence-corrected chi connectivity index (χ1v) is 5.55. The van der Waals surface area contributed by atoms with E-state index in [1.807, 2.05) is 0 Å². The van der Waals surface area contributed by atoms with Gasteiger partial charge in [0.15, 0.2) is 6.10 Å². The molecule has 0 aliphatic rings.